The molecule has 0 saturated carbocycles. The highest BCUT2D eigenvalue weighted by Gasteiger charge is 2.46. The SMILES string of the molecule is CC[C@H]1OC(=O)C(C)C[C@H](C)CC(C)(C)C[C@@H](C)C(=O)C(C)C(O)[C@]1(C)O. The van der Waals surface area contributed by atoms with Crippen molar-refractivity contribution in [1.82, 2.24) is 0 Å². The maximum atomic E-state index is 12.9. The van der Waals surface area contributed by atoms with Crippen molar-refractivity contribution < 1.29 is 24.5 Å². The Kier molecular flexibility index (Phi) is 8.07. The normalized spacial score (nSPS) is 42.3. The van der Waals surface area contributed by atoms with Crippen LogP contribution in [-0.4, -0.2) is 39.8 Å². The van der Waals surface area contributed by atoms with E-state index in [2.05, 4.69) is 20.8 Å². The van der Waals surface area contributed by atoms with Crippen molar-refractivity contribution in [2.24, 2.45) is 29.1 Å². The van der Waals surface area contributed by atoms with Crippen molar-refractivity contribution >= 4 is 11.8 Å². The first-order chi connectivity index (χ1) is 12.2. The molecule has 1 aliphatic rings. The highest BCUT2D eigenvalue weighted by Crippen LogP contribution is 2.37. The third-order valence-corrected chi connectivity index (χ3v) is 6.21. The quantitative estimate of drug-likeness (QED) is 0.673. The minimum Gasteiger partial charge on any atom is -0.459 e. The first-order valence-electron chi connectivity index (χ1n) is 10.4. The number of aliphatic hydroxyl groups excluding tert-OH is 1. The number of cyclic esters (lactones) is 1. The number of aliphatic hydroxyl groups is 2. The number of carbonyl (C=O) groups excluding carboxylic acids is 2. The van der Waals surface area contributed by atoms with E-state index in [1.54, 1.807) is 13.8 Å². The lowest BCUT2D eigenvalue weighted by Crippen LogP contribution is -2.55. The number of hydrogen-bond acceptors (Lipinski definition) is 5. The van der Waals surface area contributed by atoms with Crippen LogP contribution < -0.4 is 0 Å². The molecule has 7 atom stereocenters. The number of rotatable bonds is 1. The highest BCUT2D eigenvalue weighted by molar-refractivity contribution is 5.83. The van der Waals surface area contributed by atoms with Crippen molar-refractivity contribution in [3.63, 3.8) is 0 Å². The summed E-state index contributed by atoms with van der Waals surface area (Å²) < 4.78 is 5.59. The Morgan fingerprint density at radius 1 is 1.04 bits per heavy atom. The monoisotopic (exact) mass is 384 g/mol. The van der Waals surface area contributed by atoms with Gasteiger partial charge < -0.3 is 14.9 Å². The van der Waals surface area contributed by atoms with Crippen LogP contribution in [0.1, 0.15) is 81.1 Å². The van der Waals surface area contributed by atoms with E-state index in [1.807, 2.05) is 13.8 Å². The molecule has 5 nitrogen and oxygen atoms in total. The van der Waals surface area contributed by atoms with Crippen molar-refractivity contribution in [2.75, 3.05) is 0 Å². The van der Waals surface area contributed by atoms with E-state index in [9.17, 15) is 19.8 Å². The molecule has 1 heterocycles. The van der Waals surface area contributed by atoms with Gasteiger partial charge in [-0.15, -0.1) is 0 Å². The summed E-state index contributed by atoms with van der Waals surface area (Å²) in [4.78, 5) is 25.5. The Morgan fingerprint density at radius 3 is 2.11 bits per heavy atom. The minimum absolute atomic E-state index is 0.0542. The van der Waals surface area contributed by atoms with Crippen molar-refractivity contribution in [3.05, 3.63) is 0 Å². The topological polar surface area (TPSA) is 83.8 Å². The van der Waals surface area contributed by atoms with Gasteiger partial charge in [0.1, 0.15) is 17.5 Å². The average Bonchev–Trinajstić information content (AvgIpc) is 2.54. The lowest BCUT2D eigenvalue weighted by Gasteiger charge is -2.40. The van der Waals surface area contributed by atoms with E-state index in [0.717, 1.165) is 6.42 Å². The van der Waals surface area contributed by atoms with Crippen LogP contribution in [0.2, 0.25) is 0 Å². The van der Waals surface area contributed by atoms with Crippen molar-refractivity contribution in [1.29, 1.82) is 0 Å². The van der Waals surface area contributed by atoms with Gasteiger partial charge >= 0.3 is 5.97 Å². The number of hydrogen-bond donors (Lipinski definition) is 2. The second-order valence-corrected chi connectivity index (χ2v) is 9.91. The van der Waals surface area contributed by atoms with Crippen LogP contribution in [0.15, 0.2) is 0 Å². The Hall–Kier alpha value is -0.940. The van der Waals surface area contributed by atoms with Crippen LogP contribution in [0.3, 0.4) is 0 Å². The maximum absolute atomic E-state index is 12.9. The maximum Gasteiger partial charge on any atom is 0.309 e. The fourth-order valence-electron chi connectivity index (χ4n) is 4.91. The third kappa shape index (κ3) is 6.02. The molecular weight excluding hydrogens is 344 g/mol. The molecule has 0 amide bonds. The van der Waals surface area contributed by atoms with Gasteiger partial charge in [0, 0.05) is 11.8 Å². The van der Waals surface area contributed by atoms with Gasteiger partial charge in [-0.1, -0.05) is 48.5 Å². The van der Waals surface area contributed by atoms with Crippen LogP contribution in [0.25, 0.3) is 0 Å². The molecule has 1 fully saturated rings. The van der Waals surface area contributed by atoms with Gasteiger partial charge in [0.25, 0.3) is 0 Å². The summed E-state index contributed by atoms with van der Waals surface area (Å²) in [6, 6.07) is 0. The summed E-state index contributed by atoms with van der Waals surface area (Å²) >= 11 is 0. The van der Waals surface area contributed by atoms with Gasteiger partial charge in [-0.2, -0.15) is 0 Å². The van der Waals surface area contributed by atoms with Crippen LogP contribution in [-0.2, 0) is 14.3 Å². The molecule has 0 aromatic heterocycles. The second-order valence-electron chi connectivity index (χ2n) is 9.91. The molecule has 27 heavy (non-hydrogen) atoms. The van der Waals surface area contributed by atoms with Crippen LogP contribution in [0.5, 0.6) is 0 Å². The standard InChI is InChI=1S/C22H40O5/c1-9-17-22(8,26)19(24)16(5)18(23)15(4)12-21(6,7)11-13(2)10-14(3)20(25)27-17/h13-17,19,24,26H,9-12H2,1-8H3/t13-,14?,15+,16?,17+,19?,22+/m0/s1. The molecule has 0 radical (unpaired) electrons. The minimum atomic E-state index is -1.69. The summed E-state index contributed by atoms with van der Waals surface area (Å²) in [5.41, 5.74) is -1.74. The number of ether oxygens (including phenoxy) is 1. The first kappa shape index (κ1) is 24.1. The second kappa shape index (κ2) is 9.04. The van der Waals surface area contributed by atoms with Gasteiger partial charge in [0.05, 0.1) is 12.0 Å². The van der Waals surface area contributed by atoms with Gasteiger partial charge in [-0.25, -0.2) is 0 Å². The molecule has 3 unspecified atom stereocenters. The predicted molar refractivity (Wildman–Crippen MR) is 106 cm³/mol. The Bertz CT molecular complexity index is 525. The van der Waals surface area contributed by atoms with E-state index < -0.39 is 23.7 Å². The van der Waals surface area contributed by atoms with E-state index in [0.29, 0.717) is 25.2 Å². The molecule has 2 N–H and O–H groups in total. The van der Waals surface area contributed by atoms with Crippen LogP contribution in [0.4, 0.5) is 0 Å². The molecule has 0 bridgehead atoms. The van der Waals surface area contributed by atoms with E-state index >= 15 is 0 Å². The lowest BCUT2D eigenvalue weighted by molar-refractivity contribution is -0.190. The zero-order chi connectivity index (χ0) is 21.2. The van der Waals surface area contributed by atoms with Crippen molar-refractivity contribution in [3.8, 4) is 0 Å². The number of carbonyl (C=O) groups is 2. The lowest BCUT2D eigenvalue weighted by atomic mass is 9.72. The van der Waals surface area contributed by atoms with E-state index in [-0.39, 0.29) is 29.0 Å². The molecule has 1 aliphatic heterocycles. The van der Waals surface area contributed by atoms with E-state index in [1.165, 1.54) is 6.92 Å². The third-order valence-electron chi connectivity index (χ3n) is 6.21. The molecule has 5 heteroatoms. The summed E-state index contributed by atoms with van der Waals surface area (Å²) in [7, 11) is 0. The number of Topliss-reactive ketones (excluding diaryl/α,β-unsaturated/α-hetero) is 1. The van der Waals surface area contributed by atoms with Crippen LogP contribution >= 0.6 is 0 Å². The summed E-state index contributed by atoms with van der Waals surface area (Å²) in [6.07, 6.45) is 0.525. The van der Waals surface area contributed by atoms with Gasteiger partial charge in [-0.3, -0.25) is 9.59 Å². The predicted octanol–water partition coefficient (Wildman–Crippen LogP) is 3.74. The molecule has 1 saturated heterocycles. The summed E-state index contributed by atoms with van der Waals surface area (Å²) in [5.74, 6) is -1.33. The number of esters is 1. The van der Waals surface area contributed by atoms with Gasteiger partial charge in [0.15, 0.2) is 0 Å². The Morgan fingerprint density at radius 2 is 1.59 bits per heavy atom. The number of ketones is 1. The fourth-order valence-corrected chi connectivity index (χ4v) is 4.91. The molecular formula is C22H40O5. The first-order valence-corrected chi connectivity index (χ1v) is 10.4. The van der Waals surface area contributed by atoms with Gasteiger partial charge in [0.2, 0.25) is 0 Å². The molecule has 0 aliphatic carbocycles. The zero-order valence-corrected chi connectivity index (χ0v) is 18.4. The summed E-state index contributed by atoms with van der Waals surface area (Å²) in [5, 5.41) is 21.7. The Balaban J connectivity index is 3.25. The smallest absolute Gasteiger partial charge is 0.309 e. The van der Waals surface area contributed by atoms with E-state index in [4.69, 9.17) is 4.74 Å². The molecule has 0 aromatic rings. The molecule has 158 valence electrons. The van der Waals surface area contributed by atoms with Crippen molar-refractivity contribution in [2.45, 2.75) is 98.9 Å². The average molecular weight is 385 g/mol. The summed E-state index contributed by atoms with van der Waals surface area (Å²) in [6.45, 7) is 15.1. The van der Waals surface area contributed by atoms with Crippen LogP contribution in [0, 0.1) is 29.1 Å². The zero-order valence-electron chi connectivity index (χ0n) is 18.4. The molecule has 0 spiro atoms. The molecule has 0 aromatic carbocycles. The Labute approximate surface area is 164 Å². The highest BCUT2D eigenvalue weighted by atomic mass is 16.6. The fraction of sp³-hybridized carbons (Fsp3) is 0.909. The van der Waals surface area contributed by atoms with Gasteiger partial charge in [-0.05, 0) is 43.9 Å². The molecule has 1 rings (SSSR count). The largest absolute Gasteiger partial charge is 0.459 e.